The Bertz CT molecular complexity index is 102. The van der Waals surface area contributed by atoms with Crippen molar-refractivity contribution in [3.8, 4) is 0 Å². The van der Waals surface area contributed by atoms with Crippen LogP contribution in [0.2, 0.25) is 0 Å². The van der Waals surface area contributed by atoms with Gasteiger partial charge in [-0.3, -0.25) is 9.59 Å². The topological polar surface area (TPSA) is 74.6 Å². The van der Waals surface area contributed by atoms with Crippen LogP contribution in [0.5, 0.6) is 0 Å². The summed E-state index contributed by atoms with van der Waals surface area (Å²) in [6.07, 6.45) is -0.593. The van der Waals surface area contributed by atoms with Gasteiger partial charge in [0.05, 0.1) is 12.8 Å². The summed E-state index contributed by atoms with van der Waals surface area (Å²) in [5.74, 6) is -2.15. The van der Waals surface area contributed by atoms with Crippen LogP contribution in [-0.4, -0.2) is 22.2 Å². The molecule has 0 rings (SSSR count). The van der Waals surface area contributed by atoms with Gasteiger partial charge in [0.25, 0.3) is 0 Å². The van der Waals surface area contributed by atoms with Crippen LogP contribution < -0.4 is 0 Å². The first-order valence-corrected chi connectivity index (χ1v) is 2.06. The second-order valence-corrected chi connectivity index (χ2v) is 1.29. The third-order valence-electron chi connectivity index (χ3n) is 0.553. The van der Waals surface area contributed by atoms with Crippen molar-refractivity contribution in [1.29, 1.82) is 0 Å². The van der Waals surface area contributed by atoms with Crippen molar-refractivity contribution in [1.82, 2.24) is 0 Å². The third-order valence-corrected chi connectivity index (χ3v) is 0.553. The van der Waals surface area contributed by atoms with Gasteiger partial charge in [-0.2, -0.15) is 0 Å². The smallest absolute Gasteiger partial charge is 0.303 e. The molecule has 52 valence electrons. The fourth-order valence-corrected chi connectivity index (χ4v) is 0.214. The van der Waals surface area contributed by atoms with Crippen LogP contribution in [0.1, 0.15) is 12.8 Å². The van der Waals surface area contributed by atoms with E-state index in [9.17, 15) is 9.59 Å². The molecule has 0 aromatic rings. The summed E-state index contributed by atoms with van der Waals surface area (Å²) in [7, 11) is 0. The Morgan fingerprint density at radius 2 is 1.00 bits per heavy atom. The van der Waals surface area contributed by atoms with Gasteiger partial charge in [-0.15, -0.1) is 0 Å². The van der Waals surface area contributed by atoms with Gasteiger partial charge in [-0.1, -0.05) is 0 Å². The van der Waals surface area contributed by atoms with Crippen molar-refractivity contribution < 1.29 is 78.2 Å². The maximum atomic E-state index is 9.64. The van der Waals surface area contributed by atoms with Crippen molar-refractivity contribution in [2.75, 3.05) is 0 Å². The molecule has 0 saturated heterocycles. The predicted octanol–water partition coefficient (Wildman–Crippen LogP) is -0.0717. The van der Waals surface area contributed by atoms with Crippen molar-refractivity contribution in [2.24, 2.45) is 0 Å². The molecular weight excluding hydrogens is 308 g/mol. The fraction of sp³-hybridized carbons (Fsp3) is 0.500. The SMILES string of the molecule is O=C(O)CCC(=O)O.[Zn].[Zn].[Zn]. The Morgan fingerprint density at radius 3 is 1.09 bits per heavy atom. The van der Waals surface area contributed by atoms with Gasteiger partial charge < -0.3 is 10.2 Å². The average molecular weight is 314 g/mol. The van der Waals surface area contributed by atoms with E-state index in [0.717, 1.165) is 0 Å². The quantitative estimate of drug-likeness (QED) is 0.715. The number of carbonyl (C=O) groups is 2. The molecule has 0 heterocycles. The summed E-state index contributed by atoms with van der Waals surface area (Å²) in [6.45, 7) is 0. The molecule has 0 spiro atoms. The summed E-state index contributed by atoms with van der Waals surface area (Å²) in [5, 5.41) is 15.8. The Labute approximate surface area is 102 Å². The summed E-state index contributed by atoms with van der Waals surface area (Å²) in [6, 6.07) is 0. The molecule has 0 aliphatic heterocycles. The van der Waals surface area contributed by atoms with Gasteiger partial charge in [0.1, 0.15) is 0 Å². The Hall–Kier alpha value is 0.810. The van der Waals surface area contributed by atoms with Gasteiger partial charge in [-0.05, 0) is 0 Å². The molecule has 0 bridgehead atoms. The molecule has 11 heavy (non-hydrogen) atoms. The number of carboxylic acids is 2. The van der Waals surface area contributed by atoms with Crippen molar-refractivity contribution in [2.45, 2.75) is 12.8 Å². The van der Waals surface area contributed by atoms with Gasteiger partial charge in [0, 0.05) is 58.4 Å². The van der Waals surface area contributed by atoms with Crippen LogP contribution >= 0.6 is 0 Å². The molecule has 4 nitrogen and oxygen atoms in total. The van der Waals surface area contributed by atoms with E-state index in [1.165, 1.54) is 0 Å². The monoisotopic (exact) mass is 310 g/mol. The van der Waals surface area contributed by atoms with E-state index in [0.29, 0.717) is 0 Å². The molecule has 2 N–H and O–H groups in total. The fourth-order valence-electron chi connectivity index (χ4n) is 0.214. The Kier molecular flexibility index (Phi) is 27.6. The Balaban J connectivity index is -0.0000000817. The predicted molar refractivity (Wildman–Crippen MR) is 24.5 cm³/mol. The Morgan fingerprint density at radius 1 is 0.818 bits per heavy atom. The van der Waals surface area contributed by atoms with Crippen LogP contribution in [0.3, 0.4) is 0 Å². The van der Waals surface area contributed by atoms with Crippen molar-refractivity contribution in [3.05, 3.63) is 0 Å². The zero-order valence-corrected chi connectivity index (χ0v) is 15.1. The molecule has 0 saturated carbocycles. The minimum Gasteiger partial charge on any atom is -0.481 e. The molecule has 7 heteroatoms. The first-order valence-electron chi connectivity index (χ1n) is 2.06. The summed E-state index contributed by atoms with van der Waals surface area (Å²) in [5.41, 5.74) is 0. The maximum absolute atomic E-state index is 9.64. The van der Waals surface area contributed by atoms with Gasteiger partial charge in [0.2, 0.25) is 0 Å². The zero-order valence-electron chi connectivity index (χ0n) is 6.25. The molecule has 0 aliphatic rings. The van der Waals surface area contributed by atoms with E-state index in [4.69, 9.17) is 10.2 Å². The van der Waals surface area contributed by atoms with Crippen LogP contribution in [0.15, 0.2) is 0 Å². The van der Waals surface area contributed by atoms with Crippen LogP contribution in [-0.2, 0) is 68.0 Å². The van der Waals surface area contributed by atoms with Crippen molar-refractivity contribution in [3.63, 3.8) is 0 Å². The van der Waals surface area contributed by atoms with E-state index in [1.54, 1.807) is 0 Å². The van der Waals surface area contributed by atoms with Gasteiger partial charge in [-0.25, -0.2) is 0 Å². The number of hydrogen-bond donors (Lipinski definition) is 2. The summed E-state index contributed by atoms with van der Waals surface area (Å²) < 4.78 is 0. The standard InChI is InChI=1S/C4H6O4.3Zn/c5-3(6)1-2-4(7)8;;;/h1-2H2,(H,5,6)(H,7,8);;;. The molecule has 0 aliphatic carbocycles. The molecular formula is C4H6O4Zn3. The normalized spacial score (nSPS) is 6.18. The van der Waals surface area contributed by atoms with E-state index < -0.39 is 11.9 Å². The maximum Gasteiger partial charge on any atom is 0.303 e. The molecule has 0 aromatic heterocycles. The van der Waals surface area contributed by atoms with E-state index >= 15 is 0 Å². The number of hydrogen-bond acceptors (Lipinski definition) is 2. The van der Waals surface area contributed by atoms with E-state index in [1.807, 2.05) is 0 Å². The first kappa shape index (κ1) is 22.6. The molecule has 0 fully saturated rings. The van der Waals surface area contributed by atoms with Crippen molar-refractivity contribution >= 4 is 11.9 Å². The summed E-state index contributed by atoms with van der Waals surface area (Å²) in [4.78, 5) is 19.3. The summed E-state index contributed by atoms with van der Waals surface area (Å²) >= 11 is 0. The average Bonchev–Trinajstić information content (AvgIpc) is 1.61. The van der Waals surface area contributed by atoms with Gasteiger partial charge >= 0.3 is 11.9 Å². The van der Waals surface area contributed by atoms with Crippen LogP contribution in [0.4, 0.5) is 0 Å². The first-order chi connectivity index (χ1) is 3.63. The number of aliphatic carboxylic acids is 2. The molecule has 0 aromatic carbocycles. The zero-order chi connectivity index (χ0) is 6.57. The molecule has 0 radical (unpaired) electrons. The van der Waals surface area contributed by atoms with E-state index in [2.05, 4.69) is 0 Å². The second kappa shape index (κ2) is 13.4. The minimum absolute atomic E-state index is 0. The number of rotatable bonds is 3. The van der Waals surface area contributed by atoms with Crippen LogP contribution in [0, 0.1) is 0 Å². The second-order valence-electron chi connectivity index (χ2n) is 1.29. The number of carboxylic acid groups (broad SMARTS) is 2. The van der Waals surface area contributed by atoms with Crippen LogP contribution in [0.25, 0.3) is 0 Å². The third kappa shape index (κ3) is 24.9. The molecule has 0 amide bonds. The van der Waals surface area contributed by atoms with Gasteiger partial charge in [0.15, 0.2) is 0 Å². The largest absolute Gasteiger partial charge is 0.481 e. The molecule has 0 unspecified atom stereocenters. The molecule has 0 atom stereocenters. The minimum atomic E-state index is -1.08. The van der Waals surface area contributed by atoms with E-state index in [-0.39, 0.29) is 71.3 Å².